The van der Waals surface area contributed by atoms with Gasteiger partial charge in [0, 0.05) is 4.47 Å². The Morgan fingerprint density at radius 2 is 1.89 bits per heavy atom. The number of ether oxygens (including phenoxy) is 3. The first kappa shape index (κ1) is 24.7. The fourth-order valence-electron chi connectivity index (χ4n) is 3.84. The first-order valence-electron chi connectivity index (χ1n) is 10.7. The predicted molar refractivity (Wildman–Crippen MR) is 139 cm³/mol. The summed E-state index contributed by atoms with van der Waals surface area (Å²) in [5, 5.41) is 0. The minimum atomic E-state index is -0.754. The second kappa shape index (κ2) is 10.5. The van der Waals surface area contributed by atoms with E-state index in [1.165, 1.54) is 29.1 Å². The van der Waals surface area contributed by atoms with Gasteiger partial charge in [-0.1, -0.05) is 58.1 Å². The van der Waals surface area contributed by atoms with Crippen molar-refractivity contribution in [1.29, 1.82) is 0 Å². The molecule has 9 heteroatoms. The van der Waals surface area contributed by atoms with Crippen molar-refractivity contribution in [3.63, 3.8) is 0 Å². The number of methoxy groups -OCH3 is 2. The molecule has 0 radical (unpaired) electrons. The van der Waals surface area contributed by atoms with E-state index in [-0.39, 0.29) is 17.7 Å². The van der Waals surface area contributed by atoms with Crippen molar-refractivity contribution < 1.29 is 19.0 Å². The Hall–Kier alpha value is -3.43. The molecule has 35 heavy (non-hydrogen) atoms. The molecule has 3 aromatic rings. The molecule has 0 saturated carbocycles. The third kappa shape index (κ3) is 4.87. The number of esters is 1. The van der Waals surface area contributed by atoms with Gasteiger partial charge in [0.15, 0.2) is 16.3 Å². The van der Waals surface area contributed by atoms with Crippen LogP contribution in [0, 0.1) is 0 Å². The van der Waals surface area contributed by atoms with Gasteiger partial charge in [-0.15, -0.1) is 0 Å². The summed E-state index contributed by atoms with van der Waals surface area (Å²) in [4.78, 5) is 31.9. The lowest BCUT2D eigenvalue weighted by molar-refractivity contribution is -0.138. The number of carbonyl (C=O) groups is 1. The van der Waals surface area contributed by atoms with Crippen molar-refractivity contribution in [2.24, 2.45) is 4.99 Å². The molecule has 0 N–H and O–H groups in total. The monoisotopic (exact) mass is 554 g/mol. The maximum absolute atomic E-state index is 13.7. The molecule has 180 valence electrons. The molecular formula is C26H23BrN2O5S. The zero-order chi connectivity index (χ0) is 25.1. The van der Waals surface area contributed by atoms with Crippen molar-refractivity contribution in [2.45, 2.75) is 13.0 Å². The number of fused-ring (bicyclic) bond motifs is 1. The molecule has 1 aromatic heterocycles. The largest absolute Gasteiger partial charge is 0.493 e. The lowest BCUT2D eigenvalue weighted by atomic mass is 9.95. The zero-order valence-corrected chi connectivity index (χ0v) is 21.8. The second-order valence-corrected chi connectivity index (χ2v) is 9.56. The Kier molecular flexibility index (Phi) is 7.37. The molecule has 2 heterocycles. The number of hydrogen-bond acceptors (Lipinski definition) is 7. The fraction of sp³-hybridized carbons (Fsp3) is 0.192. The summed E-state index contributed by atoms with van der Waals surface area (Å²) in [5.74, 6) is 0.457. The Labute approximate surface area is 214 Å². The van der Waals surface area contributed by atoms with Gasteiger partial charge < -0.3 is 14.2 Å². The number of aromatic nitrogens is 1. The van der Waals surface area contributed by atoms with Gasteiger partial charge in [0.2, 0.25) is 0 Å². The van der Waals surface area contributed by atoms with E-state index in [1.54, 1.807) is 32.2 Å². The molecule has 1 aliphatic rings. The van der Waals surface area contributed by atoms with Gasteiger partial charge in [-0.25, -0.2) is 9.79 Å². The third-order valence-corrected chi connectivity index (χ3v) is 6.98. The average Bonchev–Trinajstić information content (AvgIpc) is 3.16. The average molecular weight is 555 g/mol. The van der Waals surface area contributed by atoms with Crippen LogP contribution in [0.25, 0.3) is 6.08 Å². The standard InChI is InChI=1S/C26H23BrN2O5S/c1-5-12-34-25(31)22-15(2)28-26-29(23(22)17-8-11-19(32-3)20(14-17)33-4)24(30)21(35-26)13-16-6-9-18(27)10-7-16/h5-11,13-14,23H,1,12H2,2-4H3/b21-13+/t23-/m0/s1. The maximum Gasteiger partial charge on any atom is 0.338 e. The molecule has 7 nitrogen and oxygen atoms in total. The van der Waals surface area contributed by atoms with E-state index in [1.807, 2.05) is 30.3 Å². The molecule has 1 aliphatic heterocycles. The summed E-state index contributed by atoms with van der Waals surface area (Å²) in [5.41, 5.74) is 2.05. The van der Waals surface area contributed by atoms with E-state index in [0.717, 1.165) is 10.0 Å². The van der Waals surface area contributed by atoms with Crippen LogP contribution in [-0.4, -0.2) is 31.4 Å². The molecule has 0 bridgehead atoms. The third-order valence-electron chi connectivity index (χ3n) is 5.46. The lowest BCUT2D eigenvalue weighted by Gasteiger charge is -2.25. The second-order valence-electron chi connectivity index (χ2n) is 7.63. The molecule has 0 aliphatic carbocycles. The van der Waals surface area contributed by atoms with Gasteiger partial charge in [0.1, 0.15) is 6.61 Å². The Morgan fingerprint density at radius 3 is 2.54 bits per heavy atom. The van der Waals surface area contributed by atoms with Crippen molar-refractivity contribution in [3.05, 3.63) is 102 Å². The molecule has 4 rings (SSSR count). The Bertz CT molecular complexity index is 1500. The summed E-state index contributed by atoms with van der Waals surface area (Å²) in [6.07, 6.45) is 3.31. The number of halogens is 1. The number of hydrogen-bond donors (Lipinski definition) is 0. The first-order chi connectivity index (χ1) is 16.9. The van der Waals surface area contributed by atoms with Crippen molar-refractivity contribution in [3.8, 4) is 11.5 Å². The van der Waals surface area contributed by atoms with Crippen LogP contribution in [0.3, 0.4) is 0 Å². The Balaban J connectivity index is 1.95. The molecule has 0 saturated heterocycles. The number of allylic oxidation sites excluding steroid dienone is 1. The van der Waals surface area contributed by atoms with Gasteiger partial charge in [-0.2, -0.15) is 0 Å². The SMILES string of the molecule is C=CCOC(=O)C1=C(C)N=c2s/c(=C/c3ccc(Br)cc3)c(=O)n2[C@H]1c1ccc(OC)c(OC)c1. The number of nitrogens with zero attached hydrogens (tertiary/aromatic N) is 2. The molecule has 0 unspecified atom stereocenters. The van der Waals surface area contributed by atoms with E-state index in [9.17, 15) is 9.59 Å². The molecule has 0 amide bonds. The highest BCUT2D eigenvalue weighted by Gasteiger charge is 2.34. The number of thiazole rings is 1. The topological polar surface area (TPSA) is 79.1 Å². The van der Waals surface area contributed by atoms with Crippen LogP contribution in [0.2, 0.25) is 0 Å². The first-order valence-corrected chi connectivity index (χ1v) is 12.3. The summed E-state index contributed by atoms with van der Waals surface area (Å²) < 4.78 is 19.2. The van der Waals surface area contributed by atoms with E-state index in [0.29, 0.717) is 32.1 Å². The van der Waals surface area contributed by atoms with Crippen LogP contribution in [0.4, 0.5) is 0 Å². The van der Waals surface area contributed by atoms with Gasteiger partial charge in [0.25, 0.3) is 5.56 Å². The molecule has 1 atom stereocenters. The normalized spacial score (nSPS) is 15.3. The molecule has 0 spiro atoms. The Morgan fingerprint density at radius 1 is 1.17 bits per heavy atom. The van der Waals surface area contributed by atoms with Crippen LogP contribution < -0.4 is 24.4 Å². The highest BCUT2D eigenvalue weighted by Crippen LogP contribution is 2.36. The minimum absolute atomic E-state index is 0.0439. The smallest absolute Gasteiger partial charge is 0.338 e. The molecule has 2 aromatic carbocycles. The number of rotatable bonds is 7. The van der Waals surface area contributed by atoms with Crippen LogP contribution in [-0.2, 0) is 9.53 Å². The maximum atomic E-state index is 13.7. The van der Waals surface area contributed by atoms with Gasteiger partial charge in [-0.3, -0.25) is 9.36 Å². The highest BCUT2D eigenvalue weighted by atomic mass is 79.9. The van der Waals surface area contributed by atoms with E-state index in [4.69, 9.17) is 14.2 Å². The summed E-state index contributed by atoms with van der Waals surface area (Å²) in [7, 11) is 3.08. The van der Waals surface area contributed by atoms with Gasteiger partial charge in [-0.05, 0) is 48.4 Å². The van der Waals surface area contributed by atoms with E-state index < -0.39 is 12.0 Å². The zero-order valence-electron chi connectivity index (χ0n) is 19.4. The predicted octanol–water partition coefficient (Wildman–Crippen LogP) is 3.74. The van der Waals surface area contributed by atoms with Crippen LogP contribution in [0.15, 0.2) is 80.6 Å². The lowest BCUT2D eigenvalue weighted by Crippen LogP contribution is -2.40. The summed E-state index contributed by atoms with van der Waals surface area (Å²) >= 11 is 4.70. The number of benzene rings is 2. The van der Waals surface area contributed by atoms with E-state index >= 15 is 0 Å². The molecule has 0 fully saturated rings. The quantitative estimate of drug-likeness (QED) is 0.328. The fourth-order valence-corrected chi connectivity index (χ4v) is 5.15. The van der Waals surface area contributed by atoms with Gasteiger partial charge in [0.05, 0.1) is 36.1 Å². The molecular weight excluding hydrogens is 532 g/mol. The van der Waals surface area contributed by atoms with E-state index in [2.05, 4.69) is 27.5 Å². The van der Waals surface area contributed by atoms with Crippen LogP contribution in [0.1, 0.15) is 24.1 Å². The minimum Gasteiger partial charge on any atom is -0.493 e. The van der Waals surface area contributed by atoms with Crippen molar-refractivity contribution in [2.75, 3.05) is 20.8 Å². The summed E-state index contributed by atoms with van der Waals surface area (Å²) in [6, 6.07) is 12.2. The highest BCUT2D eigenvalue weighted by molar-refractivity contribution is 9.10. The van der Waals surface area contributed by atoms with Crippen LogP contribution in [0.5, 0.6) is 11.5 Å². The van der Waals surface area contributed by atoms with Crippen molar-refractivity contribution in [1.82, 2.24) is 4.57 Å². The number of carbonyl (C=O) groups excluding carboxylic acids is 1. The van der Waals surface area contributed by atoms with Gasteiger partial charge >= 0.3 is 5.97 Å². The van der Waals surface area contributed by atoms with Crippen LogP contribution >= 0.6 is 27.3 Å². The van der Waals surface area contributed by atoms with Crippen molar-refractivity contribution >= 4 is 39.3 Å². The summed E-state index contributed by atoms with van der Waals surface area (Å²) in [6.45, 7) is 5.39.